The minimum atomic E-state index is 0.146. The molecule has 1 atom stereocenters. The number of fused-ring (bicyclic) bond motifs is 1. The molecule has 0 fully saturated rings. The molecule has 0 aliphatic rings. The topological polar surface area (TPSA) is 45.1 Å². The fourth-order valence-corrected chi connectivity index (χ4v) is 2.81. The van der Waals surface area contributed by atoms with Gasteiger partial charge in [0.1, 0.15) is 10.8 Å². The van der Waals surface area contributed by atoms with Crippen LogP contribution < -0.4 is 5.32 Å². The van der Waals surface area contributed by atoms with Crippen molar-refractivity contribution < 1.29 is 5.11 Å². The summed E-state index contributed by atoms with van der Waals surface area (Å²) in [4.78, 5) is 4.32. The van der Waals surface area contributed by atoms with Crippen molar-refractivity contribution in [2.45, 2.75) is 13.0 Å². The van der Waals surface area contributed by atoms with E-state index in [1.54, 1.807) is 17.4 Å². The molecule has 1 unspecified atom stereocenters. The number of nitrogens with zero attached hydrogens (tertiary/aromatic N) is 1. The Morgan fingerprint density at radius 3 is 2.74 bits per heavy atom. The highest BCUT2D eigenvalue weighted by molar-refractivity contribution is 7.09. The fraction of sp³-hybridized carbons (Fsp3) is 0.133. The molecule has 2 N–H and O–H groups in total. The number of thiazole rings is 1. The molecule has 3 nitrogen and oxygen atoms in total. The van der Waals surface area contributed by atoms with E-state index in [0.717, 1.165) is 21.5 Å². The molecule has 0 radical (unpaired) electrons. The van der Waals surface area contributed by atoms with Gasteiger partial charge in [0.05, 0.1) is 6.04 Å². The zero-order valence-electron chi connectivity index (χ0n) is 10.5. The Bertz CT molecular complexity index is 694. The number of phenolic OH excluding ortho intramolecular Hbond substituents is 1. The number of anilines is 1. The molecular weight excluding hydrogens is 256 g/mol. The molecule has 4 heteroatoms. The van der Waals surface area contributed by atoms with Gasteiger partial charge in [0.25, 0.3) is 0 Å². The van der Waals surface area contributed by atoms with Crippen LogP contribution in [0.4, 0.5) is 5.69 Å². The van der Waals surface area contributed by atoms with Crippen molar-refractivity contribution in [3.05, 3.63) is 53.0 Å². The van der Waals surface area contributed by atoms with Gasteiger partial charge in [-0.25, -0.2) is 4.98 Å². The van der Waals surface area contributed by atoms with Crippen molar-refractivity contribution in [2.75, 3.05) is 5.32 Å². The predicted molar refractivity (Wildman–Crippen MR) is 79.8 cm³/mol. The highest BCUT2D eigenvalue weighted by atomic mass is 32.1. The molecule has 0 saturated carbocycles. The second kappa shape index (κ2) is 4.90. The van der Waals surface area contributed by atoms with Crippen molar-refractivity contribution in [2.24, 2.45) is 0 Å². The van der Waals surface area contributed by atoms with Crippen molar-refractivity contribution in [3.63, 3.8) is 0 Å². The molecular formula is C15H14N2OS. The number of hydrogen-bond acceptors (Lipinski definition) is 4. The quantitative estimate of drug-likeness (QED) is 0.750. The number of aromatic nitrogens is 1. The van der Waals surface area contributed by atoms with Crippen LogP contribution in [-0.2, 0) is 0 Å². The third-order valence-electron chi connectivity index (χ3n) is 3.09. The summed E-state index contributed by atoms with van der Waals surface area (Å²) < 4.78 is 0. The van der Waals surface area contributed by atoms with E-state index in [1.807, 2.05) is 41.9 Å². The van der Waals surface area contributed by atoms with E-state index >= 15 is 0 Å². The number of benzene rings is 2. The summed E-state index contributed by atoms with van der Waals surface area (Å²) in [7, 11) is 0. The van der Waals surface area contributed by atoms with Gasteiger partial charge in [-0.3, -0.25) is 0 Å². The monoisotopic (exact) mass is 270 g/mol. The van der Waals surface area contributed by atoms with Crippen LogP contribution in [0.5, 0.6) is 5.75 Å². The summed E-state index contributed by atoms with van der Waals surface area (Å²) in [5, 5.41) is 18.2. The van der Waals surface area contributed by atoms with Gasteiger partial charge in [-0.1, -0.05) is 24.3 Å². The molecule has 3 aromatic rings. The lowest BCUT2D eigenvalue weighted by Gasteiger charge is -2.15. The Morgan fingerprint density at radius 1 is 1.16 bits per heavy atom. The summed E-state index contributed by atoms with van der Waals surface area (Å²) in [5.74, 6) is 0.308. The first kappa shape index (κ1) is 12.0. The Balaban J connectivity index is 1.99. The second-order valence-electron chi connectivity index (χ2n) is 4.41. The van der Waals surface area contributed by atoms with Crippen molar-refractivity contribution >= 4 is 27.8 Å². The lowest BCUT2D eigenvalue weighted by Crippen LogP contribution is -2.06. The van der Waals surface area contributed by atoms with Crippen molar-refractivity contribution in [1.29, 1.82) is 0 Å². The maximum absolute atomic E-state index is 9.88. The van der Waals surface area contributed by atoms with Crippen LogP contribution in [0.2, 0.25) is 0 Å². The molecule has 0 aliphatic carbocycles. The van der Waals surface area contributed by atoms with E-state index in [0.29, 0.717) is 5.75 Å². The first-order valence-electron chi connectivity index (χ1n) is 6.12. The predicted octanol–water partition coefficient (Wildman–Crippen LogP) is 4.18. The van der Waals surface area contributed by atoms with E-state index in [9.17, 15) is 5.11 Å². The van der Waals surface area contributed by atoms with E-state index in [2.05, 4.69) is 17.2 Å². The molecule has 0 bridgehead atoms. The van der Waals surface area contributed by atoms with Gasteiger partial charge in [0, 0.05) is 28.0 Å². The van der Waals surface area contributed by atoms with E-state index in [-0.39, 0.29) is 6.04 Å². The van der Waals surface area contributed by atoms with Crippen LogP contribution in [0.1, 0.15) is 18.0 Å². The Kier molecular flexibility index (Phi) is 3.09. The van der Waals surface area contributed by atoms with Gasteiger partial charge in [-0.05, 0) is 19.1 Å². The number of nitrogens with one attached hydrogen (secondary N) is 1. The van der Waals surface area contributed by atoms with Crippen molar-refractivity contribution in [1.82, 2.24) is 4.98 Å². The van der Waals surface area contributed by atoms with Crippen LogP contribution in [0.25, 0.3) is 10.8 Å². The summed E-state index contributed by atoms with van der Waals surface area (Å²) in [6.45, 7) is 2.08. The molecule has 2 aromatic carbocycles. The third-order valence-corrected chi connectivity index (χ3v) is 4.05. The maximum Gasteiger partial charge on any atom is 0.123 e. The highest BCUT2D eigenvalue weighted by Crippen LogP contribution is 2.31. The molecule has 1 heterocycles. The smallest absolute Gasteiger partial charge is 0.123 e. The number of phenols is 1. The number of aromatic hydroxyl groups is 1. The zero-order chi connectivity index (χ0) is 13.2. The fourth-order valence-electron chi connectivity index (χ4n) is 2.16. The average Bonchev–Trinajstić information content (AvgIpc) is 2.94. The van der Waals surface area contributed by atoms with Gasteiger partial charge < -0.3 is 10.4 Å². The minimum Gasteiger partial charge on any atom is -0.507 e. The molecule has 1 aromatic heterocycles. The summed E-state index contributed by atoms with van der Waals surface area (Å²) in [6, 6.07) is 11.6. The van der Waals surface area contributed by atoms with Crippen LogP contribution >= 0.6 is 11.3 Å². The van der Waals surface area contributed by atoms with Crippen LogP contribution in [-0.4, -0.2) is 10.1 Å². The molecule has 0 amide bonds. The summed E-state index contributed by atoms with van der Waals surface area (Å²) in [6.07, 6.45) is 1.81. The van der Waals surface area contributed by atoms with Crippen molar-refractivity contribution in [3.8, 4) is 5.75 Å². The van der Waals surface area contributed by atoms with Gasteiger partial charge in [-0.15, -0.1) is 11.3 Å². The minimum absolute atomic E-state index is 0.146. The first-order chi connectivity index (χ1) is 9.25. The normalized spacial score (nSPS) is 12.5. The lowest BCUT2D eigenvalue weighted by molar-refractivity contribution is 0.481. The van der Waals surface area contributed by atoms with Crippen LogP contribution in [0.15, 0.2) is 48.0 Å². The second-order valence-corrected chi connectivity index (χ2v) is 5.34. The van der Waals surface area contributed by atoms with E-state index in [4.69, 9.17) is 0 Å². The Hall–Kier alpha value is -2.07. The lowest BCUT2D eigenvalue weighted by atomic mass is 10.1. The molecule has 0 saturated heterocycles. The molecule has 0 spiro atoms. The van der Waals surface area contributed by atoms with Gasteiger partial charge >= 0.3 is 0 Å². The zero-order valence-corrected chi connectivity index (χ0v) is 11.3. The van der Waals surface area contributed by atoms with Gasteiger partial charge in [-0.2, -0.15) is 0 Å². The Labute approximate surface area is 115 Å². The maximum atomic E-state index is 9.88. The SMILES string of the molecule is CC(Nc1cccc2c(O)cccc12)c1nccs1. The third kappa shape index (κ3) is 2.27. The number of rotatable bonds is 3. The Morgan fingerprint density at radius 2 is 1.95 bits per heavy atom. The summed E-state index contributed by atoms with van der Waals surface area (Å²) in [5.41, 5.74) is 1.01. The van der Waals surface area contributed by atoms with Gasteiger partial charge in [0.15, 0.2) is 0 Å². The number of hydrogen-bond donors (Lipinski definition) is 2. The molecule has 0 aliphatic heterocycles. The summed E-state index contributed by atoms with van der Waals surface area (Å²) >= 11 is 1.64. The van der Waals surface area contributed by atoms with Gasteiger partial charge in [0.2, 0.25) is 0 Å². The molecule has 19 heavy (non-hydrogen) atoms. The van der Waals surface area contributed by atoms with Crippen LogP contribution in [0, 0.1) is 0 Å². The standard InChI is InChI=1S/C15H14N2OS/c1-10(15-16-8-9-19-15)17-13-6-2-5-12-11(13)4-3-7-14(12)18/h2-10,17-18H,1H3. The first-order valence-corrected chi connectivity index (χ1v) is 7.00. The largest absolute Gasteiger partial charge is 0.507 e. The molecule has 96 valence electrons. The van der Waals surface area contributed by atoms with Crippen LogP contribution in [0.3, 0.4) is 0 Å². The van der Waals surface area contributed by atoms with E-state index < -0.39 is 0 Å². The average molecular weight is 270 g/mol. The molecule has 3 rings (SSSR count). The van der Waals surface area contributed by atoms with E-state index in [1.165, 1.54) is 0 Å². The highest BCUT2D eigenvalue weighted by Gasteiger charge is 2.10.